The fourth-order valence-corrected chi connectivity index (χ4v) is 2.93. The first kappa shape index (κ1) is 13.3. The Bertz CT molecular complexity index is 570. The summed E-state index contributed by atoms with van der Waals surface area (Å²) in [6.07, 6.45) is 8.79. The maximum atomic E-state index is 6.44. The molecule has 1 atom stereocenters. The van der Waals surface area contributed by atoms with Gasteiger partial charge in [-0.15, -0.1) is 0 Å². The maximum absolute atomic E-state index is 6.44. The maximum Gasteiger partial charge on any atom is 0.0555 e. The van der Waals surface area contributed by atoms with Crippen LogP contribution in [0.2, 0.25) is 0 Å². The number of hydrogen-bond acceptors (Lipinski definition) is 2. The molecule has 2 N–H and O–H groups in total. The highest BCUT2D eigenvalue weighted by molar-refractivity contribution is 5.37. The molecule has 1 aliphatic carbocycles. The zero-order valence-corrected chi connectivity index (χ0v) is 12.0. The van der Waals surface area contributed by atoms with E-state index in [0.717, 1.165) is 12.3 Å². The number of nitrogens with zero attached hydrogens (tertiary/aromatic N) is 1. The van der Waals surface area contributed by atoms with Crippen LogP contribution >= 0.6 is 0 Å². The molecule has 1 heterocycles. The van der Waals surface area contributed by atoms with Gasteiger partial charge in [0.2, 0.25) is 0 Å². The van der Waals surface area contributed by atoms with E-state index < -0.39 is 0 Å². The molecule has 0 saturated heterocycles. The molecule has 104 valence electrons. The number of pyridine rings is 1. The van der Waals surface area contributed by atoms with Crippen molar-refractivity contribution in [3.63, 3.8) is 0 Å². The fraction of sp³-hybridized carbons (Fsp3) is 0.389. The molecule has 0 aliphatic heterocycles. The van der Waals surface area contributed by atoms with E-state index in [2.05, 4.69) is 36.2 Å². The highest BCUT2D eigenvalue weighted by atomic mass is 14.7. The first-order valence-corrected chi connectivity index (χ1v) is 7.57. The Hall–Kier alpha value is -1.67. The molecule has 2 heteroatoms. The highest BCUT2D eigenvalue weighted by Crippen LogP contribution is 2.36. The molecule has 0 radical (unpaired) electrons. The van der Waals surface area contributed by atoms with Crippen LogP contribution in [0.25, 0.3) is 0 Å². The average molecular weight is 266 g/mol. The van der Waals surface area contributed by atoms with Crippen molar-refractivity contribution < 1.29 is 0 Å². The largest absolute Gasteiger partial charge is 0.320 e. The summed E-state index contributed by atoms with van der Waals surface area (Å²) in [5, 5.41) is 0. The lowest BCUT2D eigenvalue weighted by atomic mass is 9.79. The third kappa shape index (κ3) is 2.48. The highest BCUT2D eigenvalue weighted by Gasteiger charge is 2.19. The Kier molecular flexibility index (Phi) is 3.83. The number of benzene rings is 1. The van der Waals surface area contributed by atoms with E-state index in [-0.39, 0.29) is 6.04 Å². The Morgan fingerprint density at radius 3 is 2.55 bits per heavy atom. The molecule has 3 rings (SSSR count). The van der Waals surface area contributed by atoms with E-state index in [4.69, 9.17) is 5.73 Å². The predicted octanol–water partition coefficient (Wildman–Crippen LogP) is 3.96. The van der Waals surface area contributed by atoms with Crippen molar-refractivity contribution in [3.8, 4) is 0 Å². The molecule has 1 fully saturated rings. The van der Waals surface area contributed by atoms with Gasteiger partial charge in [-0.2, -0.15) is 0 Å². The molecule has 0 spiro atoms. The lowest BCUT2D eigenvalue weighted by Gasteiger charge is -2.26. The summed E-state index contributed by atoms with van der Waals surface area (Å²) >= 11 is 0. The van der Waals surface area contributed by atoms with Crippen molar-refractivity contribution in [2.75, 3.05) is 0 Å². The van der Waals surface area contributed by atoms with Crippen molar-refractivity contribution in [1.82, 2.24) is 4.98 Å². The van der Waals surface area contributed by atoms with Crippen LogP contribution in [0.15, 0.2) is 42.7 Å². The topological polar surface area (TPSA) is 38.9 Å². The summed E-state index contributed by atoms with van der Waals surface area (Å²) in [5.74, 6) is 0.785. The smallest absolute Gasteiger partial charge is 0.0555 e. The number of rotatable bonds is 4. The van der Waals surface area contributed by atoms with Gasteiger partial charge < -0.3 is 5.73 Å². The van der Waals surface area contributed by atoms with Crippen LogP contribution in [0.5, 0.6) is 0 Å². The molecular weight excluding hydrogens is 244 g/mol. The number of hydrogen-bond donors (Lipinski definition) is 1. The van der Waals surface area contributed by atoms with Crippen molar-refractivity contribution in [3.05, 3.63) is 65.0 Å². The van der Waals surface area contributed by atoms with Gasteiger partial charge in [-0.25, -0.2) is 0 Å². The standard InChI is InChI=1S/C18H22N2/c1-2-13-12-20-11-10-17(13)18(19)16-8-6-15(7-9-16)14-4-3-5-14/h6-12,14,18H,2-5,19H2,1H3. The quantitative estimate of drug-likeness (QED) is 0.909. The number of nitrogens with two attached hydrogens (primary N) is 1. The van der Waals surface area contributed by atoms with Crippen LogP contribution in [-0.4, -0.2) is 4.98 Å². The first-order chi connectivity index (χ1) is 9.79. The number of aryl methyl sites for hydroxylation is 1. The summed E-state index contributed by atoms with van der Waals surface area (Å²) in [4.78, 5) is 4.19. The molecule has 1 unspecified atom stereocenters. The summed E-state index contributed by atoms with van der Waals surface area (Å²) in [5.41, 5.74) is 11.5. The Morgan fingerprint density at radius 1 is 1.20 bits per heavy atom. The molecule has 1 aliphatic rings. The Morgan fingerprint density at radius 2 is 1.95 bits per heavy atom. The van der Waals surface area contributed by atoms with Crippen LogP contribution in [-0.2, 0) is 6.42 Å². The van der Waals surface area contributed by atoms with Gasteiger partial charge in [0, 0.05) is 12.4 Å². The van der Waals surface area contributed by atoms with Gasteiger partial charge in [0.1, 0.15) is 0 Å². The predicted molar refractivity (Wildman–Crippen MR) is 82.7 cm³/mol. The van der Waals surface area contributed by atoms with Crippen LogP contribution < -0.4 is 5.73 Å². The van der Waals surface area contributed by atoms with Gasteiger partial charge in [-0.3, -0.25) is 4.98 Å². The number of aromatic nitrogens is 1. The normalized spacial score (nSPS) is 16.7. The van der Waals surface area contributed by atoms with Gasteiger partial charge in [-0.1, -0.05) is 37.6 Å². The Labute approximate surface area is 121 Å². The van der Waals surface area contributed by atoms with Crippen molar-refractivity contribution in [2.45, 2.75) is 44.6 Å². The molecule has 2 nitrogen and oxygen atoms in total. The second kappa shape index (κ2) is 5.76. The van der Waals surface area contributed by atoms with Crippen molar-refractivity contribution >= 4 is 0 Å². The third-order valence-corrected chi connectivity index (χ3v) is 4.53. The molecule has 20 heavy (non-hydrogen) atoms. The minimum Gasteiger partial charge on any atom is -0.320 e. The lowest BCUT2D eigenvalue weighted by Crippen LogP contribution is -2.15. The molecule has 0 amide bonds. The minimum absolute atomic E-state index is 0.0524. The SMILES string of the molecule is CCc1cnccc1C(N)c1ccc(C2CCC2)cc1. The van der Waals surface area contributed by atoms with Gasteiger partial charge in [-0.05, 0) is 53.5 Å². The summed E-state index contributed by atoms with van der Waals surface area (Å²) in [6, 6.07) is 10.9. The van der Waals surface area contributed by atoms with Gasteiger partial charge in [0.25, 0.3) is 0 Å². The van der Waals surface area contributed by atoms with E-state index in [1.54, 1.807) is 0 Å². The minimum atomic E-state index is -0.0524. The van der Waals surface area contributed by atoms with E-state index in [1.165, 1.54) is 41.5 Å². The summed E-state index contributed by atoms with van der Waals surface area (Å²) < 4.78 is 0. The molecule has 1 saturated carbocycles. The zero-order chi connectivity index (χ0) is 13.9. The van der Waals surface area contributed by atoms with Gasteiger partial charge >= 0.3 is 0 Å². The second-order valence-corrected chi connectivity index (χ2v) is 5.70. The third-order valence-electron chi connectivity index (χ3n) is 4.53. The van der Waals surface area contributed by atoms with Crippen molar-refractivity contribution in [2.24, 2.45) is 5.73 Å². The molecule has 0 bridgehead atoms. The average Bonchev–Trinajstić information content (AvgIpc) is 2.45. The van der Waals surface area contributed by atoms with E-state index in [0.29, 0.717) is 0 Å². The van der Waals surface area contributed by atoms with Gasteiger partial charge in [0.05, 0.1) is 6.04 Å². The van der Waals surface area contributed by atoms with Crippen LogP contribution in [0, 0.1) is 0 Å². The van der Waals surface area contributed by atoms with Crippen LogP contribution in [0.4, 0.5) is 0 Å². The zero-order valence-electron chi connectivity index (χ0n) is 12.0. The lowest BCUT2D eigenvalue weighted by molar-refractivity contribution is 0.419. The van der Waals surface area contributed by atoms with Crippen molar-refractivity contribution in [1.29, 1.82) is 0 Å². The van der Waals surface area contributed by atoms with Crippen LogP contribution in [0.3, 0.4) is 0 Å². The fourth-order valence-electron chi connectivity index (χ4n) is 2.93. The monoisotopic (exact) mass is 266 g/mol. The second-order valence-electron chi connectivity index (χ2n) is 5.70. The molecule has 1 aromatic carbocycles. The molecule has 2 aromatic rings. The van der Waals surface area contributed by atoms with Crippen LogP contribution in [0.1, 0.15) is 60.4 Å². The summed E-state index contributed by atoms with van der Waals surface area (Å²) in [7, 11) is 0. The Balaban J connectivity index is 1.84. The first-order valence-electron chi connectivity index (χ1n) is 7.57. The van der Waals surface area contributed by atoms with E-state index >= 15 is 0 Å². The van der Waals surface area contributed by atoms with E-state index in [1.807, 2.05) is 18.5 Å². The molecule has 1 aromatic heterocycles. The summed E-state index contributed by atoms with van der Waals surface area (Å²) in [6.45, 7) is 2.15. The van der Waals surface area contributed by atoms with Gasteiger partial charge in [0.15, 0.2) is 0 Å². The van der Waals surface area contributed by atoms with E-state index in [9.17, 15) is 0 Å². The molecular formula is C18H22N2.